The van der Waals surface area contributed by atoms with Gasteiger partial charge in [0.25, 0.3) is 0 Å². The van der Waals surface area contributed by atoms with Crippen molar-refractivity contribution in [1.29, 1.82) is 0 Å². The third-order valence-electron chi connectivity index (χ3n) is 2.70. The maximum absolute atomic E-state index is 11.1. The van der Waals surface area contributed by atoms with E-state index in [1.165, 1.54) is 0 Å². The number of hydrogen-bond acceptors (Lipinski definition) is 4. The molecule has 0 unspecified atom stereocenters. The van der Waals surface area contributed by atoms with Crippen molar-refractivity contribution in [3.05, 3.63) is 10.4 Å². The topological polar surface area (TPSA) is 107 Å². The molecule has 0 saturated heterocycles. The highest BCUT2D eigenvalue weighted by Crippen LogP contribution is 2.34. The van der Waals surface area contributed by atoms with E-state index in [-0.39, 0.29) is 12.6 Å². The number of ether oxygens (including phenoxy) is 1. The molecule has 0 radical (unpaired) electrons. The number of azide groups is 1. The summed E-state index contributed by atoms with van der Waals surface area (Å²) in [6.07, 6.45) is 0.951. The van der Waals surface area contributed by atoms with Gasteiger partial charge in [0.2, 0.25) is 0 Å². The number of nitrogens with zero attached hydrogens (tertiary/aromatic N) is 3. The van der Waals surface area contributed by atoms with Gasteiger partial charge in [0.15, 0.2) is 0 Å². The highest BCUT2D eigenvalue weighted by atomic mass is 16.5. The van der Waals surface area contributed by atoms with E-state index in [2.05, 4.69) is 15.3 Å². The summed E-state index contributed by atoms with van der Waals surface area (Å²) in [7, 11) is 0. The fourth-order valence-corrected chi connectivity index (χ4v) is 1.86. The van der Waals surface area contributed by atoms with Crippen LogP contribution in [0.25, 0.3) is 10.4 Å². The van der Waals surface area contributed by atoms with E-state index in [0.717, 1.165) is 0 Å². The second-order valence-corrected chi connectivity index (χ2v) is 3.75. The number of carbonyl (C=O) groups is 1. The monoisotopic (exact) mass is 228 g/mol. The first-order valence-electron chi connectivity index (χ1n) is 5.25. The van der Waals surface area contributed by atoms with Gasteiger partial charge in [-0.25, -0.2) is 0 Å². The Morgan fingerprint density at radius 3 is 2.94 bits per heavy atom. The van der Waals surface area contributed by atoms with Gasteiger partial charge in [-0.05, 0) is 12.5 Å². The molecule has 0 bridgehead atoms. The van der Waals surface area contributed by atoms with E-state index in [1.54, 1.807) is 0 Å². The van der Waals surface area contributed by atoms with Crippen LogP contribution in [0.2, 0.25) is 0 Å². The zero-order valence-electron chi connectivity index (χ0n) is 9.22. The number of carboxylic acids is 1. The van der Waals surface area contributed by atoms with Crippen LogP contribution in [0.5, 0.6) is 0 Å². The quantitative estimate of drug-likeness (QED) is 0.292. The summed E-state index contributed by atoms with van der Waals surface area (Å²) in [6.45, 7) is 3.11. The van der Waals surface area contributed by atoms with E-state index < -0.39 is 11.5 Å². The molecule has 16 heavy (non-hydrogen) atoms. The van der Waals surface area contributed by atoms with Gasteiger partial charge in [0.1, 0.15) is 5.54 Å². The Kier molecular flexibility index (Phi) is 4.54. The van der Waals surface area contributed by atoms with Crippen molar-refractivity contribution < 1.29 is 14.6 Å². The van der Waals surface area contributed by atoms with Crippen molar-refractivity contribution in [2.24, 2.45) is 5.11 Å². The minimum absolute atomic E-state index is 0.0214. The molecule has 1 fully saturated rings. The summed E-state index contributed by atoms with van der Waals surface area (Å²) < 4.78 is 5.33. The molecule has 0 atom stereocenters. The van der Waals surface area contributed by atoms with Crippen LogP contribution >= 0.6 is 0 Å². The summed E-state index contributed by atoms with van der Waals surface area (Å²) in [5, 5.41) is 15.4. The molecule has 1 aliphatic rings. The fraction of sp³-hybridized carbons (Fsp3) is 0.889. The highest BCUT2D eigenvalue weighted by molar-refractivity contribution is 5.80. The van der Waals surface area contributed by atoms with Gasteiger partial charge in [-0.2, -0.15) is 0 Å². The van der Waals surface area contributed by atoms with Gasteiger partial charge in [-0.3, -0.25) is 4.79 Å². The molecule has 2 N–H and O–H groups in total. The molecular weight excluding hydrogens is 212 g/mol. The van der Waals surface area contributed by atoms with Gasteiger partial charge in [0.05, 0.1) is 6.10 Å². The van der Waals surface area contributed by atoms with Crippen LogP contribution in [0.3, 0.4) is 0 Å². The summed E-state index contributed by atoms with van der Waals surface area (Å²) >= 11 is 0. The number of rotatable bonds is 7. The molecule has 1 aliphatic carbocycles. The summed E-state index contributed by atoms with van der Waals surface area (Å²) in [6, 6.07) is 0. The lowest BCUT2D eigenvalue weighted by Gasteiger charge is -2.44. The van der Waals surface area contributed by atoms with Gasteiger partial charge in [0, 0.05) is 37.4 Å². The average Bonchev–Trinajstić information content (AvgIpc) is 2.19. The van der Waals surface area contributed by atoms with Crippen molar-refractivity contribution in [3.63, 3.8) is 0 Å². The predicted octanol–water partition coefficient (Wildman–Crippen LogP) is 0.909. The Morgan fingerprint density at radius 2 is 2.44 bits per heavy atom. The first-order valence-corrected chi connectivity index (χ1v) is 5.25. The molecule has 0 aliphatic heterocycles. The Hall–Kier alpha value is -1.30. The average molecular weight is 228 g/mol. The molecule has 0 amide bonds. The van der Waals surface area contributed by atoms with Crippen molar-refractivity contribution in [2.75, 3.05) is 19.7 Å². The van der Waals surface area contributed by atoms with Crippen molar-refractivity contribution in [3.8, 4) is 0 Å². The van der Waals surface area contributed by atoms with E-state index in [9.17, 15) is 4.79 Å². The van der Waals surface area contributed by atoms with E-state index in [1.807, 2.05) is 6.92 Å². The van der Waals surface area contributed by atoms with Crippen LogP contribution in [0.4, 0.5) is 0 Å². The maximum atomic E-state index is 11.1. The second-order valence-electron chi connectivity index (χ2n) is 3.75. The number of aliphatic carboxylic acids is 1. The zero-order valence-corrected chi connectivity index (χ0v) is 9.22. The van der Waals surface area contributed by atoms with E-state index >= 15 is 0 Å². The Morgan fingerprint density at radius 1 is 1.75 bits per heavy atom. The number of nitrogens with one attached hydrogen (secondary N) is 1. The molecule has 0 aromatic carbocycles. The minimum Gasteiger partial charge on any atom is -0.480 e. The molecule has 0 aromatic rings. The molecule has 0 spiro atoms. The summed E-state index contributed by atoms with van der Waals surface area (Å²) in [4.78, 5) is 13.7. The van der Waals surface area contributed by atoms with Gasteiger partial charge >= 0.3 is 5.97 Å². The Labute approximate surface area is 93.4 Å². The van der Waals surface area contributed by atoms with Gasteiger partial charge in [-0.15, -0.1) is 0 Å². The standard InChI is InChI=1S/C9H16N4O3/c1-2-16-7-5-9(6-7,8(14)15)11-3-4-12-13-10/h7,11H,2-6H2,1H3,(H,14,15). The largest absolute Gasteiger partial charge is 0.480 e. The SMILES string of the molecule is CCOC1CC(NCCN=[N+]=[N-])(C(=O)O)C1. The third-order valence-corrected chi connectivity index (χ3v) is 2.70. The van der Waals surface area contributed by atoms with E-state index in [4.69, 9.17) is 15.4 Å². The first kappa shape index (κ1) is 12.8. The van der Waals surface area contributed by atoms with Crippen molar-refractivity contribution in [1.82, 2.24) is 5.32 Å². The smallest absolute Gasteiger partial charge is 0.324 e. The lowest BCUT2D eigenvalue weighted by atomic mass is 9.74. The summed E-state index contributed by atoms with van der Waals surface area (Å²) in [5.41, 5.74) is 7.18. The number of hydrogen-bond donors (Lipinski definition) is 2. The van der Waals surface area contributed by atoms with Crippen LogP contribution in [-0.4, -0.2) is 42.4 Å². The van der Waals surface area contributed by atoms with Crippen molar-refractivity contribution >= 4 is 5.97 Å². The molecule has 0 heterocycles. The fourth-order valence-electron chi connectivity index (χ4n) is 1.86. The maximum Gasteiger partial charge on any atom is 0.324 e. The Bertz CT molecular complexity index is 295. The second kappa shape index (κ2) is 5.69. The highest BCUT2D eigenvalue weighted by Gasteiger charge is 2.50. The minimum atomic E-state index is -0.898. The molecule has 7 nitrogen and oxygen atoms in total. The van der Waals surface area contributed by atoms with Gasteiger partial charge < -0.3 is 15.2 Å². The summed E-state index contributed by atoms with van der Waals surface area (Å²) in [5.74, 6) is -0.871. The molecule has 1 rings (SSSR count). The third kappa shape index (κ3) is 2.85. The molecule has 7 heteroatoms. The molecule has 90 valence electrons. The first-order chi connectivity index (χ1) is 7.64. The lowest BCUT2D eigenvalue weighted by Crippen LogP contribution is -2.63. The number of carboxylic acid groups (broad SMARTS) is 1. The van der Waals surface area contributed by atoms with Crippen LogP contribution in [0.1, 0.15) is 19.8 Å². The molecule has 1 saturated carbocycles. The van der Waals surface area contributed by atoms with Crippen LogP contribution in [0.15, 0.2) is 5.11 Å². The molecular formula is C9H16N4O3. The van der Waals surface area contributed by atoms with Crippen LogP contribution in [-0.2, 0) is 9.53 Å². The van der Waals surface area contributed by atoms with Gasteiger partial charge in [-0.1, -0.05) is 5.11 Å². The predicted molar refractivity (Wildman–Crippen MR) is 57.0 cm³/mol. The van der Waals surface area contributed by atoms with Crippen LogP contribution in [0, 0.1) is 0 Å². The lowest BCUT2D eigenvalue weighted by molar-refractivity contribution is -0.157. The van der Waals surface area contributed by atoms with Crippen molar-refractivity contribution in [2.45, 2.75) is 31.4 Å². The van der Waals surface area contributed by atoms with Crippen LogP contribution < -0.4 is 5.32 Å². The zero-order chi connectivity index (χ0) is 12.0. The van der Waals surface area contributed by atoms with E-state index in [0.29, 0.717) is 26.0 Å². The normalized spacial score (nSPS) is 27.9. The molecule has 0 aromatic heterocycles. The Balaban J connectivity index is 2.38.